The summed E-state index contributed by atoms with van der Waals surface area (Å²) in [5.41, 5.74) is 3.90. The zero-order valence-electron chi connectivity index (χ0n) is 12.1. The van der Waals surface area contributed by atoms with Crippen LogP contribution in [0.2, 0.25) is 0 Å². The van der Waals surface area contributed by atoms with Crippen LogP contribution in [-0.4, -0.2) is 47.0 Å². The van der Waals surface area contributed by atoms with Gasteiger partial charge in [-0.05, 0) is 50.0 Å². The van der Waals surface area contributed by atoms with Gasteiger partial charge in [0.05, 0.1) is 0 Å². The first kappa shape index (κ1) is 13.8. The van der Waals surface area contributed by atoms with Crippen LogP contribution in [-0.2, 0) is 6.54 Å². The van der Waals surface area contributed by atoms with Crippen molar-refractivity contribution in [1.29, 1.82) is 0 Å². The van der Waals surface area contributed by atoms with Crippen molar-refractivity contribution in [2.75, 3.05) is 31.6 Å². The minimum atomic E-state index is 0.745. The standard InChI is InChI=1S/C15H25N5/c16-18-15-10-13(4-6-17-15)11-19-9-5-14(12-19)20-7-2-1-3-8-20/h4,6,10,14H,1-3,5,7-9,11-12,16H2,(H,17,18). The topological polar surface area (TPSA) is 57.4 Å². The zero-order chi connectivity index (χ0) is 13.8. The second-order valence-electron chi connectivity index (χ2n) is 5.97. The number of anilines is 1. The van der Waals surface area contributed by atoms with Gasteiger partial charge in [-0.1, -0.05) is 6.42 Å². The smallest absolute Gasteiger partial charge is 0.140 e. The highest BCUT2D eigenvalue weighted by Gasteiger charge is 2.28. The first-order valence-electron chi connectivity index (χ1n) is 7.73. The molecule has 0 aromatic carbocycles. The number of likely N-dealkylation sites (tertiary alicyclic amines) is 2. The molecule has 1 aromatic heterocycles. The summed E-state index contributed by atoms with van der Waals surface area (Å²) < 4.78 is 0. The van der Waals surface area contributed by atoms with Crippen molar-refractivity contribution in [3.8, 4) is 0 Å². The average Bonchev–Trinajstić information content (AvgIpc) is 2.97. The summed E-state index contributed by atoms with van der Waals surface area (Å²) in [5, 5.41) is 0. The van der Waals surface area contributed by atoms with Gasteiger partial charge >= 0.3 is 0 Å². The summed E-state index contributed by atoms with van der Waals surface area (Å²) in [6.45, 7) is 6.01. The van der Waals surface area contributed by atoms with E-state index in [0.717, 1.165) is 18.4 Å². The normalized spacial score (nSPS) is 24.9. The summed E-state index contributed by atoms with van der Waals surface area (Å²) in [5.74, 6) is 6.16. The Labute approximate surface area is 121 Å². The molecule has 5 nitrogen and oxygen atoms in total. The van der Waals surface area contributed by atoms with Gasteiger partial charge in [0.15, 0.2) is 0 Å². The minimum Gasteiger partial charge on any atom is -0.308 e. The maximum Gasteiger partial charge on any atom is 0.140 e. The van der Waals surface area contributed by atoms with Crippen LogP contribution < -0.4 is 11.3 Å². The Balaban J connectivity index is 1.54. The Bertz CT molecular complexity index is 430. The molecule has 2 fully saturated rings. The van der Waals surface area contributed by atoms with E-state index >= 15 is 0 Å². The number of rotatable bonds is 4. The fourth-order valence-corrected chi connectivity index (χ4v) is 3.45. The van der Waals surface area contributed by atoms with E-state index in [2.05, 4.69) is 26.3 Å². The van der Waals surface area contributed by atoms with E-state index in [4.69, 9.17) is 5.84 Å². The minimum absolute atomic E-state index is 0.745. The van der Waals surface area contributed by atoms with Crippen LogP contribution in [0.25, 0.3) is 0 Å². The number of pyridine rings is 1. The Kier molecular flexibility index (Phi) is 4.50. The fourth-order valence-electron chi connectivity index (χ4n) is 3.45. The van der Waals surface area contributed by atoms with E-state index in [1.807, 2.05) is 12.3 Å². The third-order valence-electron chi connectivity index (χ3n) is 4.53. The van der Waals surface area contributed by atoms with Crippen LogP contribution in [0.15, 0.2) is 18.3 Å². The lowest BCUT2D eigenvalue weighted by molar-refractivity contribution is 0.161. The summed E-state index contributed by atoms with van der Waals surface area (Å²) >= 11 is 0. The molecule has 1 unspecified atom stereocenters. The number of hydrogen-bond donors (Lipinski definition) is 2. The Morgan fingerprint density at radius 2 is 2.10 bits per heavy atom. The largest absolute Gasteiger partial charge is 0.308 e. The quantitative estimate of drug-likeness (QED) is 0.643. The van der Waals surface area contributed by atoms with Crippen molar-refractivity contribution >= 4 is 5.82 Å². The van der Waals surface area contributed by atoms with Gasteiger partial charge in [0, 0.05) is 31.9 Å². The number of aromatic nitrogens is 1. The molecule has 110 valence electrons. The molecule has 0 saturated carbocycles. The molecule has 3 N–H and O–H groups in total. The molecule has 0 amide bonds. The van der Waals surface area contributed by atoms with E-state index in [1.165, 1.54) is 57.4 Å². The highest BCUT2D eigenvalue weighted by atomic mass is 15.3. The molecular formula is C15H25N5. The molecule has 0 spiro atoms. The lowest BCUT2D eigenvalue weighted by Gasteiger charge is -2.32. The van der Waals surface area contributed by atoms with Crippen LogP contribution in [0.4, 0.5) is 5.82 Å². The number of nitrogen functional groups attached to an aromatic ring is 1. The van der Waals surface area contributed by atoms with Crippen molar-refractivity contribution in [2.24, 2.45) is 5.84 Å². The predicted octanol–water partition coefficient (Wildman–Crippen LogP) is 1.43. The van der Waals surface area contributed by atoms with Gasteiger partial charge in [0.25, 0.3) is 0 Å². The molecule has 0 bridgehead atoms. The highest BCUT2D eigenvalue weighted by molar-refractivity contribution is 5.35. The molecule has 3 rings (SSSR count). The molecule has 1 aromatic rings. The van der Waals surface area contributed by atoms with Crippen LogP contribution in [0, 0.1) is 0 Å². The second-order valence-corrected chi connectivity index (χ2v) is 5.97. The number of nitrogens with two attached hydrogens (primary N) is 1. The van der Waals surface area contributed by atoms with Gasteiger partial charge in [-0.2, -0.15) is 0 Å². The van der Waals surface area contributed by atoms with Gasteiger partial charge in [0.2, 0.25) is 0 Å². The maximum absolute atomic E-state index is 5.41. The van der Waals surface area contributed by atoms with Crippen molar-refractivity contribution in [1.82, 2.24) is 14.8 Å². The maximum atomic E-state index is 5.41. The van der Waals surface area contributed by atoms with E-state index in [-0.39, 0.29) is 0 Å². The van der Waals surface area contributed by atoms with Gasteiger partial charge in [-0.3, -0.25) is 9.80 Å². The number of nitrogens with zero attached hydrogens (tertiary/aromatic N) is 3. The third-order valence-corrected chi connectivity index (χ3v) is 4.53. The van der Waals surface area contributed by atoms with E-state index < -0.39 is 0 Å². The van der Waals surface area contributed by atoms with Crippen molar-refractivity contribution in [3.63, 3.8) is 0 Å². The van der Waals surface area contributed by atoms with Crippen molar-refractivity contribution in [2.45, 2.75) is 38.3 Å². The molecule has 2 saturated heterocycles. The van der Waals surface area contributed by atoms with E-state index in [1.54, 1.807) is 0 Å². The molecule has 2 aliphatic heterocycles. The van der Waals surface area contributed by atoms with Gasteiger partial charge in [0.1, 0.15) is 5.82 Å². The first-order valence-corrected chi connectivity index (χ1v) is 7.73. The van der Waals surface area contributed by atoms with Crippen LogP contribution >= 0.6 is 0 Å². The number of hydrazine groups is 1. The number of piperidine rings is 1. The summed E-state index contributed by atoms with van der Waals surface area (Å²) in [6, 6.07) is 4.88. The molecule has 3 heterocycles. The average molecular weight is 275 g/mol. The zero-order valence-corrected chi connectivity index (χ0v) is 12.1. The van der Waals surface area contributed by atoms with Crippen LogP contribution in [0.1, 0.15) is 31.2 Å². The molecule has 0 aliphatic carbocycles. The molecule has 1 atom stereocenters. The lowest BCUT2D eigenvalue weighted by atomic mass is 10.1. The third kappa shape index (κ3) is 3.29. The second kappa shape index (κ2) is 6.52. The van der Waals surface area contributed by atoms with Crippen LogP contribution in [0.5, 0.6) is 0 Å². The van der Waals surface area contributed by atoms with Crippen molar-refractivity contribution < 1.29 is 0 Å². The monoisotopic (exact) mass is 275 g/mol. The molecule has 0 radical (unpaired) electrons. The van der Waals surface area contributed by atoms with Crippen LogP contribution in [0.3, 0.4) is 0 Å². The Hall–Kier alpha value is -1.17. The van der Waals surface area contributed by atoms with Crippen molar-refractivity contribution in [3.05, 3.63) is 23.9 Å². The molecular weight excluding hydrogens is 250 g/mol. The van der Waals surface area contributed by atoms with Gasteiger partial charge in [-0.25, -0.2) is 10.8 Å². The number of nitrogens with one attached hydrogen (secondary N) is 1. The fraction of sp³-hybridized carbons (Fsp3) is 0.667. The van der Waals surface area contributed by atoms with Gasteiger partial charge < -0.3 is 5.43 Å². The molecule has 20 heavy (non-hydrogen) atoms. The molecule has 5 heteroatoms. The highest BCUT2D eigenvalue weighted by Crippen LogP contribution is 2.21. The summed E-state index contributed by atoms with van der Waals surface area (Å²) in [6.07, 6.45) is 7.31. The SMILES string of the molecule is NNc1cc(CN2CCC(N3CCCCC3)C2)ccn1. The Morgan fingerprint density at radius 1 is 1.25 bits per heavy atom. The Morgan fingerprint density at radius 3 is 2.90 bits per heavy atom. The summed E-state index contributed by atoms with van der Waals surface area (Å²) in [7, 11) is 0. The number of hydrogen-bond acceptors (Lipinski definition) is 5. The van der Waals surface area contributed by atoms with E-state index in [9.17, 15) is 0 Å². The lowest BCUT2D eigenvalue weighted by Crippen LogP contribution is -2.40. The predicted molar refractivity (Wildman–Crippen MR) is 81.2 cm³/mol. The summed E-state index contributed by atoms with van der Waals surface area (Å²) in [4.78, 5) is 9.41. The molecule has 2 aliphatic rings. The first-order chi connectivity index (χ1) is 9.85. The van der Waals surface area contributed by atoms with E-state index in [0.29, 0.717) is 0 Å². The van der Waals surface area contributed by atoms with Gasteiger partial charge in [-0.15, -0.1) is 0 Å².